The number of fused-ring (bicyclic) bond motifs is 1. The minimum atomic E-state index is -0.827. The molecule has 0 saturated heterocycles. The highest BCUT2D eigenvalue weighted by Gasteiger charge is 2.13. The SMILES string of the molecule is CCCCOC(=O)Oc1cc2oc(=O)sc2cc1Cl. The normalized spacial score (nSPS) is 10.6. The summed E-state index contributed by atoms with van der Waals surface area (Å²) < 4.78 is 15.3. The van der Waals surface area contributed by atoms with Gasteiger partial charge >= 0.3 is 11.1 Å². The third-order valence-corrected chi connectivity index (χ3v) is 3.38. The summed E-state index contributed by atoms with van der Waals surface area (Å²) in [4.78, 5) is 22.0. The van der Waals surface area contributed by atoms with E-state index in [2.05, 4.69) is 0 Å². The Bertz CT molecular complexity index is 645. The number of carbonyl (C=O) groups is 1. The van der Waals surface area contributed by atoms with Gasteiger partial charge < -0.3 is 13.9 Å². The number of hydrogen-bond donors (Lipinski definition) is 0. The molecule has 0 bridgehead atoms. The van der Waals surface area contributed by atoms with Gasteiger partial charge in [-0.3, -0.25) is 0 Å². The van der Waals surface area contributed by atoms with Crippen molar-refractivity contribution in [2.24, 2.45) is 0 Å². The minimum absolute atomic E-state index is 0.109. The van der Waals surface area contributed by atoms with Gasteiger partial charge in [-0.2, -0.15) is 0 Å². The van der Waals surface area contributed by atoms with Crippen LogP contribution >= 0.6 is 22.9 Å². The minimum Gasteiger partial charge on any atom is -0.434 e. The van der Waals surface area contributed by atoms with Gasteiger partial charge in [0.1, 0.15) is 0 Å². The Balaban J connectivity index is 2.13. The summed E-state index contributed by atoms with van der Waals surface area (Å²) in [5, 5.41) is 0.219. The van der Waals surface area contributed by atoms with E-state index in [0.717, 1.165) is 24.2 Å². The quantitative estimate of drug-likeness (QED) is 0.488. The van der Waals surface area contributed by atoms with Crippen LogP contribution in [0.15, 0.2) is 21.3 Å². The van der Waals surface area contributed by atoms with Gasteiger partial charge in [0.15, 0.2) is 11.3 Å². The second-order valence-electron chi connectivity index (χ2n) is 3.74. The highest BCUT2D eigenvalue weighted by molar-refractivity contribution is 7.16. The van der Waals surface area contributed by atoms with Crippen molar-refractivity contribution in [1.29, 1.82) is 0 Å². The third-order valence-electron chi connectivity index (χ3n) is 2.30. The lowest BCUT2D eigenvalue weighted by Gasteiger charge is -2.06. The number of rotatable bonds is 4. The molecule has 7 heteroatoms. The molecule has 0 aliphatic rings. The van der Waals surface area contributed by atoms with E-state index >= 15 is 0 Å². The standard InChI is InChI=1S/C12H11ClO5S/c1-2-3-4-16-11(14)17-8-6-9-10(5-7(8)13)19-12(15)18-9/h5-6H,2-4H2,1H3. The van der Waals surface area contributed by atoms with Crippen molar-refractivity contribution < 1.29 is 18.7 Å². The average molecular weight is 303 g/mol. The molecular formula is C12H11ClO5S. The molecule has 0 aliphatic carbocycles. The fourth-order valence-corrected chi connectivity index (χ4v) is 2.33. The first kappa shape index (κ1) is 13.9. The van der Waals surface area contributed by atoms with Gasteiger partial charge in [0.25, 0.3) is 0 Å². The van der Waals surface area contributed by atoms with Crippen molar-refractivity contribution in [2.75, 3.05) is 6.61 Å². The van der Waals surface area contributed by atoms with Crippen LogP contribution in [0.3, 0.4) is 0 Å². The zero-order chi connectivity index (χ0) is 13.8. The first-order valence-electron chi connectivity index (χ1n) is 5.68. The molecule has 2 rings (SSSR count). The van der Waals surface area contributed by atoms with Crippen molar-refractivity contribution >= 4 is 39.4 Å². The third kappa shape index (κ3) is 3.48. The molecule has 102 valence electrons. The van der Waals surface area contributed by atoms with E-state index in [-0.39, 0.29) is 10.8 Å². The van der Waals surface area contributed by atoms with Crippen LogP contribution in [0.1, 0.15) is 19.8 Å². The summed E-state index contributed by atoms with van der Waals surface area (Å²) >= 11 is 6.88. The van der Waals surface area contributed by atoms with E-state index in [9.17, 15) is 9.59 Å². The molecule has 0 spiro atoms. The van der Waals surface area contributed by atoms with Crippen LogP contribution in [-0.2, 0) is 4.74 Å². The summed E-state index contributed by atoms with van der Waals surface area (Å²) in [6.45, 7) is 2.28. The highest BCUT2D eigenvalue weighted by atomic mass is 35.5. The Labute approximate surface area is 117 Å². The maximum Gasteiger partial charge on any atom is 0.513 e. The second kappa shape index (κ2) is 6.08. The van der Waals surface area contributed by atoms with Gasteiger partial charge in [0.05, 0.1) is 16.3 Å². The van der Waals surface area contributed by atoms with Gasteiger partial charge in [-0.05, 0) is 12.5 Å². The lowest BCUT2D eigenvalue weighted by atomic mass is 10.3. The molecule has 0 unspecified atom stereocenters. The molecule has 0 aliphatic heterocycles. The number of hydrogen-bond acceptors (Lipinski definition) is 6. The largest absolute Gasteiger partial charge is 0.513 e. The number of ether oxygens (including phenoxy) is 2. The van der Waals surface area contributed by atoms with Gasteiger partial charge in [-0.15, -0.1) is 0 Å². The lowest BCUT2D eigenvalue weighted by molar-refractivity contribution is 0.0979. The molecular weight excluding hydrogens is 292 g/mol. The summed E-state index contributed by atoms with van der Waals surface area (Å²) in [6.07, 6.45) is 0.855. The van der Waals surface area contributed by atoms with Crippen LogP contribution < -0.4 is 9.68 Å². The number of benzene rings is 1. The number of carbonyl (C=O) groups excluding carboxylic acids is 1. The van der Waals surface area contributed by atoms with Crippen molar-refractivity contribution in [3.05, 3.63) is 26.9 Å². The Morgan fingerprint density at radius 1 is 1.47 bits per heavy atom. The molecule has 0 N–H and O–H groups in total. The molecule has 0 atom stereocenters. The number of halogens is 1. The molecule has 0 radical (unpaired) electrons. The fraction of sp³-hybridized carbons (Fsp3) is 0.333. The van der Waals surface area contributed by atoms with E-state index in [1.54, 1.807) is 0 Å². The van der Waals surface area contributed by atoms with E-state index in [0.29, 0.717) is 16.9 Å². The zero-order valence-electron chi connectivity index (χ0n) is 10.1. The van der Waals surface area contributed by atoms with E-state index in [4.69, 9.17) is 25.5 Å². The molecule has 1 heterocycles. The van der Waals surface area contributed by atoms with E-state index in [1.807, 2.05) is 6.92 Å². The Morgan fingerprint density at radius 3 is 3.00 bits per heavy atom. The molecule has 19 heavy (non-hydrogen) atoms. The predicted octanol–water partition coefficient (Wildman–Crippen LogP) is 3.82. The Hall–Kier alpha value is -1.53. The van der Waals surface area contributed by atoms with E-state index < -0.39 is 11.1 Å². The van der Waals surface area contributed by atoms with Crippen molar-refractivity contribution in [3.63, 3.8) is 0 Å². The van der Waals surface area contributed by atoms with Gasteiger partial charge in [-0.1, -0.05) is 36.3 Å². The van der Waals surface area contributed by atoms with Crippen LogP contribution in [0.5, 0.6) is 5.75 Å². The van der Waals surface area contributed by atoms with Crippen LogP contribution in [0, 0.1) is 0 Å². The molecule has 1 aromatic heterocycles. The molecule has 0 saturated carbocycles. The highest BCUT2D eigenvalue weighted by Crippen LogP contribution is 2.31. The predicted molar refractivity (Wildman–Crippen MR) is 72.3 cm³/mol. The van der Waals surface area contributed by atoms with E-state index in [1.165, 1.54) is 12.1 Å². The van der Waals surface area contributed by atoms with Crippen molar-refractivity contribution in [3.8, 4) is 5.75 Å². The van der Waals surface area contributed by atoms with Crippen molar-refractivity contribution in [1.82, 2.24) is 0 Å². The Kier molecular flexibility index (Phi) is 4.44. The summed E-state index contributed by atoms with van der Waals surface area (Å²) in [6, 6.07) is 2.91. The maximum absolute atomic E-state index is 11.4. The van der Waals surface area contributed by atoms with Crippen LogP contribution in [0.2, 0.25) is 5.02 Å². The van der Waals surface area contributed by atoms with Gasteiger partial charge in [-0.25, -0.2) is 9.59 Å². The second-order valence-corrected chi connectivity index (χ2v) is 5.12. The van der Waals surface area contributed by atoms with Crippen LogP contribution in [0.4, 0.5) is 4.79 Å². The number of unbranched alkanes of at least 4 members (excludes halogenated alkanes) is 1. The summed E-state index contributed by atoms with van der Waals surface area (Å²) in [5.74, 6) is 0.109. The molecule has 2 aromatic rings. The molecule has 0 fully saturated rings. The van der Waals surface area contributed by atoms with Gasteiger partial charge in [0.2, 0.25) is 0 Å². The maximum atomic E-state index is 11.4. The van der Waals surface area contributed by atoms with Crippen LogP contribution in [0.25, 0.3) is 10.3 Å². The molecule has 1 aromatic carbocycles. The Morgan fingerprint density at radius 2 is 2.26 bits per heavy atom. The zero-order valence-corrected chi connectivity index (χ0v) is 11.7. The summed E-state index contributed by atoms with van der Waals surface area (Å²) in [7, 11) is 0. The first-order valence-corrected chi connectivity index (χ1v) is 6.87. The smallest absolute Gasteiger partial charge is 0.434 e. The van der Waals surface area contributed by atoms with Crippen LogP contribution in [-0.4, -0.2) is 12.8 Å². The fourth-order valence-electron chi connectivity index (χ4n) is 1.37. The average Bonchev–Trinajstić information content (AvgIpc) is 2.69. The van der Waals surface area contributed by atoms with Crippen molar-refractivity contribution in [2.45, 2.75) is 19.8 Å². The molecule has 5 nitrogen and oxygen atoms in total. The monoisotopic (exact) mass is 302 g/mol. The molecule has 0 amide bonds. The first-order chi connectivity index (χ1) is 9.10. The summed E-state index contributed by atoms with van der Waals surface area (Å²) in [5.41, 5.74) is 0.329. The lowest BCUT2D eigenvalue weighted by Crippen LogP contribution is -2.11. The topological polar surface area (TPSA) is 65.7 Å². The van der Waals surface area contributed by atoms with Gasteiger partial charge in [0, 0.05) is 6.07 Å².